The number of pyridine rings is 1. The third-order valence-electron chi connectivity index (χ3n) is 5.04. The van der Waals surface area contributed by atoms with Gasteiger partial charge in [-0.05, 0) is 29.8 Å². The monoisotopic (exact) mass is 405 g/mol. The molecule has 1 fully saturated rings. The number of ether oxygens (including phenoxy) is 1. The van der Waals surface area contributed by atoms with Gasteiger partial charge in [0.1, 0.15) is 6.10 Å². The normalized spacial score (nSPS) is 16.3. The summed E-state index contributed by atoms with van der Waals surface area (Å²) in [6.07, 6.45) is 3.21. The maximum absolute atomic E-state index is 12.6. The molecule has 0 radical (unpaired) electrons. The molecule has 3 aromatic rings. The van der Waals surface area contributed by atoms with E-state index in [-0.39, 0.29) is 17.6 Å². The fraction of sp³-hybridized carbons (Fsp3) is 0.273. The van der Waals surface area contributed by atoms with E-state index in [9.17, 15) is 9.59 Å². The first-order valence-electron chi connectivity index (χ1n) is 9.74. The van der Waals surface area contributed by atoms with Crippen LogP contribution in [-0.4, -0.2) is 40.1 Å². The topological polar surface area (TPSA) is 89.4 Å². The number of aromatic nitrogens is 3. The molecule has 0 bridgehead atoms. The van der Waals surface area contributed by atoms with Crippen LogP contribution in [0.25, 0.3) is 11.3 Å². The van der Waals surface area contributed by atoms with Crippen molar-refractivity contribution < 1.29 is 9.53 Å². The Kier molecular flexibility index (Phi) is 5.58. The highest BCUT2D eigenvalue weighted by molar-refractivity contribution is 5.88. The van der Waals surface area contributed by atoms with Crippen molar-refractivity contribution in [2.45, 2.75) is 13.0 Å². The van der Waals surface area contributed by atoms with Crippen molar-refractivity contribution in [3.63, 3.8) is 0 Å². The van der Waals surface area contributed by atoms with Gasteiger partial charge in [0.05, 0.1) is 18.8 Å². The number of nitrogens with one attached hydrogen (secondary N) is 1. The molecule has 1 aliphatic heterocycles. The molecule has 154 valence electrons. The fourth-order valence-corrected chi connectivity index (χ4v) is 3.50. The number of anilines is 2. The van der Waals surface area contributed by atoms with Gasteiger partial charge in [0.15, 0.2) is 0 Å². The van der Waals surface area contributed by atoms with Crippen molar-refractivity contribution in [2.24, 2.45) is 7.05 Å². The second-order valence-corrected chi connectivity index (χ2v) is 7.18. The molecule has 0 unspecified atom stereocenters. The van der Waals surface area contributed by atoms with E-state index in [1.54, 1.807) is 24.0 Å². The van der Waals surface area contributed by atoms with Gasteiger partial charge < -0.3 is 15.0 Å². The van der Waals surface area contributed by atoms with E-state index in [1.165, 1.54) is 13.0 Å². The molecule has 1 N–H and O–H groups in total. The van der Waals surface area contributed by atoms with Crippen LogP contribution >= 0.6 is 0 Å². The molecular weight excluding hydrogens is 382 g/mol. The number of nitrogens with zero attached hydrogens (tertiary/aromatic N) is 4. The predicted molar refractivity (Wildman–Crippen MR) is 114 cm³/mol. The molecule has 1 amide bonds. The Balaban J connectivity index is 1.59. The summed E-state index contributed by atoms with van der Waals surface area (Å²) >= 11 is 0. The first kappa shape index (κ1) is 19.8. The van der Waals surface area contributed by atoms with Crippen LogP contribution in [0, 0.1) is 0 Å². The van der Waals surface area contributed by atoms with Crippen LogP contribution in [0.2, 0.25) is 0 Å². The summed E-state index contributed by atoms with van der Waals surface area (Å²) in [5.41, 5.74) is 3.10. The van der Waals surface area contributed by atoms with Crippen LogP contribution in [0.3, 0.4) is 0 Å². The van der Waals surface area contributed by atoms with Crippen LogP contribution in [0.4, 0.5) is 11.6 Å². The zero-order valence-electron chi connectivity index (χ0n) is 16.9. The minimum atomic E-state index is -0.161. The van der Waals surface area contributed by atoms with Crippen LogP contribution in [-0.2, 0) is 16.6 Å². The van der Waals surface area contributed by atoms with Gasteiger partial charge in [0.25, 0.3) is 5.56 Å². The van der Waals surface area contributed by atoms with E-state index >= 15 is 0 Å². The Labute approximate surface area is 174 Å². The van der Waals surface area contributed by atoms with E-state index in [0.717, 1.165) is 16.8 Å². The summed E-state index contributed by atoms with van der Waals surface area (Å²) in [4.78, 5) is 34.6. The van der Waals surface area contributed by atoms with Crippen LogP contribution in [0.15, 0.2) is 59.7 Å². The molecule has 8 heteroatoms. The third-order valence-corrected chi connectivity index (χ3v) is 5.04. The summed E-state index contributed by atoms with van der Waals surface area (Å²) in [6, 6.07) is 12.8. The fourth-order valence-electron chi connectivity index (χ4n) is 3.50. The van der Waals surface area contributed by atoms with E-state index < -0.39 is 0 Å². The number of rotatable bonds is 4. The lowest BCUT2D eigenvalue weighted by Crippen LogP contribution is -2.41. The maximum Gasteiger partial charge on any atom is 0.255 e. The number of hydrogen-bond acceptors (Lipinski definition) is 6. The smallest absolute Gasteiger partial charge is 0.255 e. The lowest BCUT2D eigenvalue weighted by molar-refractivity contribution is -0.114. The number of hydrogen-bond donors (Lipinski definition) is 1. The summed E-state index contributed by atoms with van der Waals surface area (Å²) < 4.78 is 7.53. The molecule has 2 aromatic heterocycles. The van der Waals surface area contributed by atoms with E-state index in [1.807, 2.05) is 36.4 Å². The lowest BCUT2D eigenvalue weighted by Gasteiger charge is -2.34. The summed E-state index contributed by atoms with van der Waals surface area (Å²) in [5.74, 6) is 0.501. The Morgan fingerprint density at radius 1 is 1.17 bits per heavy atom. The number of carbonyl (C=O) groups excluding carboxylic acids is 1. The van der Waals surface area contributed by atoms with Gasteiger partial charge in [-0.2, -0.15) is 0 Å². The van der Waals surface area contributed by atoms with E-state index in [4.69, 9.17) is 9.72 Å². The molecule has 0 aliphatic carbocycles. The van der Waals surface area contributed by atoms with Gasteiger partial charge in [-0.1, -0.05) is 12.1 Å². The summed E-state index contributed by atoms with van der Waals surface area (Å²) in [7, 11) is 1.73. The average molecular weight is 405 g/mol. The molecule has 0 saturated carbocycles. The molecule has 3 heterocycles. The first-order chi connectivity index (χ1) is 14.5. The molecule has 4 rings (SSSR count). The molecular formula is C22H23N5O3. The quantitative estimate of drug-likeness (QED) is 0.717. The Bertz CT molecular complexity index is 1100. The average Bonchev–Trinajstić information content (AvgIpc) is 2.76. The van der Waals surface area contributed by atoms with Gasteiger partial charge in [-0.3, -0.25) is 19.1 Å². The van der Waals surface area contributed by atoms with Crippen molar-refractivity contribution in [1.82, 2.24) is 14.5 Å². The number of carbonyl (C=O) groups is 1. The van der Waals surface area contributed by atoms with Gasteiger partial charge in [0.2, 0.25) is 11.9 Å². The predicted octanol–water partition coefficient (Wildman–Crippen LogP) is 2.38. The maximum atomic E-state index is 12.6. The van der Waals surface area contributed by atoms with Crippen molar-refractivity contribution in [3.05, 3.63) is 70.8 Å². The number of benzene rings is 1. The Morgan fingerprint density at radius 2 is 1.90 bits per heavy atom. The summed E-state index contributed by atoms with van der Waals surface area (Å²) in [6.45, 7) is 3.21. The van der Waals surface area contributed by atoms with Gasteiger partial charge in [0, 0.05) is 50.2 Å². The zero-order valence-corrected chi connectivity index (χ0v) is 16.9. The minimum absolute atomic E-state index is 0.107. The van der Waals surface area contributed by atoms with Gasteiger partial charge in [-0.15, -0.1) is 0 Å². The lowest BCUT2D eigenvalue weighted by atomic mass is 10.1. The Morgan fingerprint density at radius 3 is 2.60 bits per heavy atom. The Hall–Kier alpha value is -3.52. The number of morpholine rings is 1. The molecule has 30 heavy (non-hydrogen) atoms. The van der Waals surface area contributed by atoms with Crippen molar-refractivity contribution in [1.29, 1.82) is 0 Å². The van der Waals surface area contributed by atoms with Crippen molar-refractivity contribution in [3.8, 4) is 11.3 Å². The minimum Gasteiger partial charge on any atom is -0.370 e. The van der Waals surface area contributed by atoms with E-state index in [2.05, 4.69) is 15.2 Å². The van der Waals surface area contributed by atoms with Crippen LogP contribution in [0.5, 0.6) is 0 Å². The van der Waals surface area contributed by atoms with Crippen molar-refractivity contribution >= 4 is 17.5 Å². The van der Waals surface area contributed by atoms with Gasteiger partial charge >= 0.3 is 0 Å². The molecule has 1 aliphatic rings. The standard InChI is InChI=1S/C22H23N5O3/c1-15(28)24-18-5-3-17(4-6-18)20-14-27(11-12-30-20)22-25-19(13-21(29)26(22)2)16-7-9-23-10-8-16/h3-10,13,20H,11-12,14H2,1-2H3,(H,24,28)/t20-/m1/s1. The van der Waals surface area contributed by atoms with Crippen LogP contribution in [0.1, 0.15) is 18.6 Å². The molecule has 1 atom stereocenters. The molecule has 1 saturated heterocycles. The highest BCUT2D eigenvalue weighted by Crippen LogP contribution is 2.27. The second-order valence-electron chi connectivity index (χ2n) is 7.18. The first-order valence-corrected chi connectivity index (χ1v) is 9.74. The molecule has 1 aromatic carbocycles. The molecule has 8 nitrogen and oxygen atoms in total. The summed E-state index contributed by atoms with van der Waals surface area (Å²) in [5, 5.41) is 2.76. The van der Waals surface area contributed by atoms with Crippen molar-refractivity contribution in [2.75, 3.05) is 29.9 Å². The zero-order chi connectivity index (χ0) is 21.1. The largest absolute Gasteiger partial charge is 0.370 e. The van der Waals surface area contributed by atoms with Gasteiger partial charge in [-0.25, -0.2) is 4.98 Å². The third kappa shape index (κ3) is 4.23. The second kappa shape index (κ2) is 8.46. The highest BCUT2D eigenvalue weighted by atomic mass is 16.5. The SMILES string of the molecule is CC(=O)Nc1ccc([C@H]2CN(c3nc(-c4ccncc4)cc(=O)n3C)CCO2)cc1. The number of amides is 1. The van der Waals surface area contributed by atoms with E-state index in [0.29, 0.717) is 31.3 Å². The highest BCUT2D eigenvalue weighted by Gasteiger charge is 2.25. The van der Waals surface area contributed by atoms with Crippen LogP contribution < -0.4 is 15.8 Å². The molecule has 0 spiro atoms.